The third-order valence-electron chi connectivity index (χ3n) is 3.69. The van der Waals surface area contributed by atoms with Crippen molar-refractivity contribution in [2.45, 2.75) is 13.0 Å². The fourth-order valence-electron chi connectivity index (χ4n) is 2.64. The van der Waals surface area contributed by atoms with E-state index in [9.17, 15) is 15.0 Å². The standard InChI is InChI=1S/C17H14INO4/c18-17-14(8-16(22)23)13-7-12(21)5-6-15(13)19(17)9-10-1-3-11(20)4-2-10/h1-7,20-21H,8-9H2,(H,22,23). The van der Waals surface area contributed by atoms with Crippen molar-refractivity contribution in [3.05, 3.63) is 57.3 Å². The minimum absolute atomic E-state index is 0.0964. The number of aromatic nitrogens is 1. The minimum atomic E-state index is -0.907. The van der Waals surface area contributed by atoms with Gasteiger partial charge in [0, 0.05) is 23.0 Å². The molecule has 0 amide bonds. The maximum atomic E-state index is 11.2. The molecule has 0 saturated carbocycles. The highest BCUT2D eigenvalue weighted by Crippen LogP contribution is 2.31. The number of carboxylic acids is 1. The molecule has 3 aromatic rings. The average Bonchev–Trinajstić information content (AvgIpc) is 2.74. The number of phenolic OH excluding ortho intramolecular Hbond substituents is 2. The van der Waals surface area contributed by atoms with Crippen molar-refractivity contribution in [2.24, 2.45) is 0 Å². The molecule has 2 aromatic carbocycles. The van der Waals surface area contributed by atoms with E-state index in [1.54, 1.807) is 30.3 Å². The molecule has 0 aliphatic heterocycles. The van der Waals surface area contributed by atoms with Gasteiger partial charge in [-0.2, -0.15) is 0 Å². The van der Waals surface area contributed by atoms with Crippen LogP contribution in [0.3, 0.4) is 0 Å². The zero-order valence-electron chi connectivity index (χ0n) is 12.0. The van der Waals surface area contributed by atoms with Crippen LogP contribution in [-0.2, 0) is 17.8 Å². The maximum Gasteiger partial charge on any atom is 0.307 e. The summed E-state index contributed by atoms with van der Waals surface area (Å²) in [6.07, 6.45) is -0.0964. The van der Waals surface area contributed by atoms with Crippen LogP contribution in [0.1, 0.15) is 11.1 Å². The second-order valence-corrected chi connectivity index (χ2v) is 6.32. The number of aromatic hydroxyl groups is 2. The van der Waals surface area contributed by atoms with Gasteiger partial charge in [-0.3, -0.25) is 4.79 Å². The molecule has 1 heterocycles. The molecule has 118 valence electrons. The van der Waals surface area contributed by atoms with Gasteiger partial charge in [-0.05, 0) is 58.5 Å². The maximum absolute atomic E-state index is 11.2. The van der Waals surface area contributed by atoms with Crippen molar-refractivity contribution in [2.75, 3.05) is 0 Å². The summed E-state index contributed by atoms with van der Waals surface area (Å²) < 4.78 is 2.85. The van der Waals surface area contributed by atoms with E-state index in [-0.39, 0.29) is 17.9 Å². The van der Waals surface area contributed by atoms with Crippen LogP contribution in [0.2, 0.25) is 0 Å². The Bertz CT molecular complexity index is 884. The van der Waals surface area contributed by atoms with Crippen LogP contribution in [0, 0.1) is 3.70 Å². The van der Waals surface area contributed by atoms with Crippen molar-refractivity contribution < 1.29 is 20.1 Å². The summed E-state index contributed by atoms with van der Waals surface area (Å²) in [5.41, 5.74) is 2.56. The molecule has 1 aromatic heterocycles. The Labute approximate surface area is 145 Å². The van der Waals surface area contributed by atoms with Gasteiger partial charge < -0.3 is 19.9 Å². The average molecular weight is 423 g/mol. The summed E-state index contributed by atoms with van der Waals surface area (Å²) in [7, 11) is 0. The lowest BCUT2D eigenvalue weighted by atomic mass is 10.1. The smallest absolute Gasteiger partial charge is 0.307 e. The van der Waals surface area contributed by atoms with Crippen LogP contribution < -0.4 is 0 Å². The Morgan fingerprint density at radius 3 is 2.35 bits per heavy atom. The second-order valence-electron chi connectivity index (χ2n) is 5.29. The summed E-state index contributed by atoms with van der Waals surface area (Å²) >= 11 is 2.14. The number of rotatable bonds is 4. The van der Waals surface area contributed by atoms with Crippen molar-refractivity contribution in [1.82, 2.24) is 4.57 Å². The lowest BCUT2D eigenvalue weighted by molar-refractivity contribution is -0.136. The minimum Gasteiger partial charge on any atom is -0.508 e. The fourth-order valence-corrected chi connectivity index (χ4v) is 3.55. The molecular formula is C17H14INO4. The first-order valence-corrected chi connectivity index (χ1v) is 8.03. The Hall–Kier alpha value is -2.22. The quantitative estimate of drug-likeness (QED) is 0.563. The van der Waals surface area contributed by atoms with Crippen molar-refractivity contribution >= 4 is 39.5 Å². The molecule has 0 fully saturated rings. The number of fused-ring (bicyclic) bond motifs is 1. The van der Waals surface area contributed by atoms with Gasteiger partial charge in [0.25, 0.3) is 0 Å². The largest absolute Gasteiger partial charge is 0.508 e. The predicted octanol–water partition coefficient (Wildman–Crippen LogP) is 3.33. The topological polar surface area (TPSA) is 82.7 Å². The number of aliphatic carboxylic acids is 1. The number of halogens is 1. The van der Waals surface area contributed by atoms with E-state index in [2.05, 4.69) is 22.6 Å². The lowest BCUT2D eigenvalue weighted by Crippen LogP contribution is -2.05. The van der Waals surface area contributed by atoms with Crippen molar-refractivity contribution in [3.8, 4) is 11.5 Å². The van der Waals surface area contributed by atoms with E-state index in [1.165, 1.54) is 0 Å². The molecule has 0 unspecified atom stereocenters. The molecule has 0 aliphatic rings. The number of hydrogen-bond acceptors (Lipinski definition) is 3. The van der Waals surface area contributed by atoms with E-state index in [0.717, 1.165) is 20.2 Å². The normalized spacial score (nSPS) is 11.0. The van der Waals surface area contributed by atoms with Gasteiger partial charge in [0.05, 0.1) is 10.1 Å². The van der Waals surface area contributed by atoms with Gasteiger partial charge in [0.15, 0.2) is 0 Å². The van der Waals surface area contributed by atoms with Crippen LogP contribution in [0.15, 0.2) is 42.5 Å². The number of phenols is 2. The molecular weight excluding hydrogens is 409 g/mol. The molecule has 0 radical (unpaired) electrons. The van der Waals surface area contributed by atoms with E-state index < -0.39 is 5.97 Å². The van der Waals surface area contributed by atoms with Gasteiger partial charge in [-0.15, -0.1) is 0 Å². The highest BCUT2D eigenvalue weighted by Gasteiger charge is 2.18. The first kappa shape index (κ1) is 15.7. The van der Waals surface area contributed by atoms with Gasteiger partial charge in [0.1, 0.15) is 11.5 Å². The van der Waals surface area contributed by atoms with Crippen LogP contribution in [0.4, 0.5) is 0 Å². The Morgan fingerprint density at radius 1 is 1.04 bits per heavy atom. The summed E-state index contributed by atoms with van der Waals surface area (Å²) in [4.78, 5) is 11.2. The fraction of sp³-hybridized carbons (Fsp3) is 0.118. The van der Waals surface area contributed by atoms with Gasteiger partial charge in [0.2, 0.25) is 0 Å². The number of benzene rings is 2. The molecule has 6 heteroatoms. The monoisotopic (exact) mass is 423 g/mol. The van der Waals surface area contributed by atoms with Crippen LogP contribution in [-0.4, -0.2) is 25.9 Å². The molecule has 5 nitrogen and oxygen atoms in total. The zero-order valence-corrected chi connectivity index (χ0v) is 14.2. The Morgan fingerprint density at radius 2 is 1.70 bits per heavy atom. The summed E-state index contributed by atoms with van der Waals surface area (Å²) in [5.74, 6) is -0.588. The first-order valence-electron chi connectivity index (χ1n) is 6.95. The van der Waals surface area contributed by atoms with Gasteiger partial charge in [-0.25, -0.2) is 0 Å². The molecule has 0 spiro atoms. The molecule has 3 N–H and O–H groups in total. The van der Waals surface area contributed by atoms with Crippen LogP contribution in [0.5, 0.6) is 11.5 Å². The van der Waals surface area contributed by atoms with Crippen LogP contribution in [0.25, 0.3) is 10.9 Å². The second kappa shape index (κ2) is 6.11. The third-order valence-corrected chi connectivity index (χ3v) is 4.92. The first-order chi connectivity index (χ1) is 11.0. The van der Waals surface area contributed by atoms with E-state index in [4.69, 9.17) is 5.11 Å². The highest BCUT2D eigenvalue weighted by atomic mass is 127. The van der Waals surface area contributed by atoms with E-state index in [0.29, 0.717) is 12.1 Å². The molecule has 0 saturated heterocycles. The third kappa shape index (κ3) is 3.12. The Kier molecular flexibility index (Phi) is 4.16. The lowest BCUT2D eigenvalue weighted by Gasteiger charge is -2.08. The SMILES string of the molecule is O=C(O)Cc1c(I)n(Cc2ccc(O)cc2)c2ccc(O)cc12. The van der Waals surface area contributed by atoms with E-state index in [1.807, 2.05) is 16.7 Å². The van der Waals surface area contributed by atoms with Gasteiger partial charge >= 0.3 is 5.97 Å². The molecule has 23 heavy (non-hydrogen) atoms. The van der Waals surface area contributed by atoms with Crippen molar-refractivity contribution in [1.29, 1.82) is 0 Å². The zero-order chi connectivity index (χ0) is 16.6. The van der Waals surface area contributed by atoms with Crippen molar-refractivity contribution in [3.63, 3.8) is 0 Å². The highest BCUT2D eigenvalue weighted by molar-refractivity contribution is 14.1. The summed E-state index contributed by atoms with van der Waals surface area (Å²) in [6.45, 7) is 0.555. The van der Waals surface area contributed by atoms with Crippen LogP contribution >= 0.6 is 22.6 Å². The Balaban J connectivity index is 2.14. The summed E-state index contributed by atoms with van der Waals surface area (Å²) in [6, 6.07) is 11.9. The number of hydrogen-bond donors (Lipinski definition) is 3. The number of carboxylic acid groups (broad SMARTS) is 1. The predicted molar refractivity (Wildman–Crippen MR) is 94.9 cm³/mol. The number of nitrogens with zero attached hydrogens (tertiary/aromatic N) is 1. The summed E-state index contributed by atoms with van der Waals surface area (Å²) in [5, 5.41) is 29.0. The molecule has 0 atom stereocenters. The molecule has 3 rings (SSSR count). The molecule has 0 aliphatic carbocycles. The molecule has 0 bridgehead atoms. The van der Waals surface area contributed by atoms with Gasteiger partial charge in [-0.1, -0.05) is 12.1 Å². The number of carbonyl (C=O) groups is 1. The van der Waals surface area contributed by atoms with E-state index >= 15 is 0 Å².